The molecule has 3 fully saturated rings. The van der Waals surface area contributed by atoms with Gasteiger partial charge in [0.2, 0.25) is 0 Å². The zero-order valence-electron chi connectivity index (χ0n) is 20.7. The molecule has 0 aromatic heterocycles. The third kappa shape index (κ3) is 10.0. The van der Waals surface area contributed by atoms with Crippen LogP contribution in [0.25, 0.3) is 0 Å². The molecule has 3 saturated heterocycles. The SMILES string of the molecule is CC(C)N1CCN(C)CC1.CC1CCN(C(C)C)CC1.CC1CN(C(C)C)C1. The summed E-state index contributed by atoms with van der Waals surface area (Å²) < 4.78 is 0. The van der Waals surface area contributed by atoms with Crippen molar-refractivity contribution in [2.24, 2.45) is 11.8 Å². The second kappa shape index (κ2) is 13.2. The van der Waals surface area contributed by atoms with Gasteiger partial charge < -0.3 is 14.7 Å². The standard InChI is InChI=1S/C9H19N.C8H18N2.C7H15N/c2*1-8(2)10-6-4-9(3)5-7-10;1-6(2)8-4-7(3)5-8/h8-9H,4-7H2,1-3H3;8H,4-7H2,1-3H3;6-7H,4-5H2,1-3H3. The molecule has 3 aliphatic rings. The lowest BCUT2D eigenvalue weighted by Crippen LogP contribution is -2.48. The lowest BCUT2D eigenvalue weighted by atomic mass is 9.98. The first-order valence-corrected chi connectivity index (χ1v) is 12.0. The Morgan fingerprint density at radius 1 is 0.536 bits per heavy atom. The summed E-state index contributed by atoms with van der Waals surface area (Å²) in [6.45, 7) is 28.5. The first-order valence-electron chi connectivity index (χ1n) is 12.0. The average molecular weight is 397 g/mol. The molecule has 0 aromatic carbocycles. The second-order valence-corrected chi connectivity index (χ2v) is 10.4. The maximum atomic E-state index is 2.57. The van der Waals surface area contributed by atoms with E-state index in [9.17, 15) is 0 Å². The van der Waals surface area contributed by atoms with Gasteiger partial charge in [-0.25, -0.2) is 0 Å². The minimum absolute atomic E-state index is 0.730. The minimum atomic E-state index is 0.730. The molecule has 4 heteroatoms. The maximum absolute atomic E-state index is 2.57. The van der Waals surface area contributed by atoms with Gasteiger partial charge in [0.25, 0.3) is 0 Å². The molecule has 0 aliphatic carbocycles. The number of likely N-dealkylation sites (tertiary alicyclic amines) is 2. The largest absolute Gasteiger partial charge is 0.304 e. The van der Waals surface area contributed by atoms with Crippen LogP contribution in [-0.4, -0.2) is 97.1 Å². The molecule has 0 bridgehead atoms. The molecular weight excluding hydrogens is 344 g/mol. The average Bonchev–Trinajstić information content (AvgIpc) is 2.61. The molecule has 0 amide bonds. The van der Waals surface area contributed by atoms with E-state index in [0.717, 1.165) is 30.0 Å². The number of hydrogen-bond donors (Lipinski definition) is 0. The van der Waals surface area contributed by atoms with Crippen LogP contribution in [0.1, 0.15) is 68.2 Å². The molecule has 4 nitrogen and oxygen atoms in total. The van der Waals surface area contributed by atoms with Crippen LogP contribution in [0.2, 0.25) is 0 Å². The molecular formula is C24H52N4. The van der Waals surface area contributed by atoms with Gasteiger partial charge in [-0.2, -0.15) is 0 Å². The lowest BCUT2D eigenvalue weighted by molar-refractivity contribution is 0.0787. The molecule has 3 heterocycles. The molecule has 0 radical (unpaired) electrons. The van der Waals surface area contributed by atoms with Gasteiger partial charge in [0.05, 0.1) is 0 Å². The fourth-order valence-corrected chi connectivity index (χ4v) is 4.05. The summed E-state index contributed by atoms with van der Waals surface area (Å²) in [6, 6.07) is 2.26. The Morgan fingerprint density at radius 3 is 1.25 bits per heavy atom. The normalized spacial score (nSPS) is 24.0. The van der Waals surface area contributed by atoms with E-state index in [2.05, 4.69) is 82.0 Å². The third-order valence-corrected chi connectivity index (χ3v) is 6.64. The van der Waals surface area contributed by atoms with E-state index < -0.39 is 0 Å². The van der Waals surface area contributed by atoms with E-state index in [0.29, 0.717) is 0 Å². The Morgan fingerprint density at radius 2 is 0.929 bits per heavy atom. The number of hydrogen-bond acceptors (Lipinski definition) is 4. The van der Waals surface area contributed by atoms with Crippen molar-refractivity contribution in [3.8, 4) is 0 Å². The lowest BCUT2D eigenvalue weighted by Gasteiger charge is -2.40. The molecule has 0 N–H and O–H groups in total. The second-order valence-electron chi connectivity index (χ2n) is 10.4. The van der Waals surface area contributed by atoms with Crippen molar-refractivity contribution in [1.82, 2.24) is 19.6 Å². The Labute approximate surface area is 177 Å². The van der Waals surface area contributed by atoms with Gasteiger partial charge in [0.15, 0.2) is 0 Å². The molecule has 3 aliphatic heterocycles. The quantitative estimate of drug-likeness (QED) is 0.711. The van der Waals surface area contributed by atoms with E-state index in [1.54, 1.807) is 0 Å². The van der Waals surface area contributed by atoms with Gasteiger partial charge in [0.1, 0.15) is 0 Å². The molecule has 168 valence electrons. The highest BCUT2D eigenvalue weighted by Crippen LogP contribution is 2.17. The number of piperidine rings is 1. The van der Waals surface area contributed by atoms with Crippen molar-refractivity contribution in [3.63, 3.8) is 0 Å². The highest BCUT2D eigenvalue weighted by atomic mass is 15.3. The molecule has 0 saturated carbocycles. The smallest absolute Gasteiger partial charge is 0.0112 e. The number of nitrogens with zero attached hydrogens (tertiary/aromatic N) is 4. The fourth-order valence-electron chi connectivity index (χ4n) is 4.05. The Kier molecular flexibility index (Phi) is 12.2. The minimum Gasteiger partial charge on any atom is -0.304 e. The van der Waals surface area contributed by atoms with Gasteiger partial charge in [-0.15, -0.1) is 0 Å². The molecule has 0 spiro atoms. The summed E-state index contributed by atoms with van der Waals surface area (Å²) in [6.07, 6.45) is 2.80. The summed E-state index contributed by atoms with van der Waals surface area (Å²) in [4.78, 5) is 9.98. The Hall–Kier alpha value is -0.160. The topological polar surface area (TPSA) is 13.0 Å². The van der Waals surface area contributed by atoms with Gasteiger partial charge in [-0.05, 0) is 86.4 Å². The highest BCUT2D eigenvalue weighted by Gasteiger charge is 2.23. The monoisotopic (exact) mass is 396 g/mol. The Bertz CT molecular complexity index is 348. The van der Waals surface area contributed by atoms with Crippen molar-refractivity contribution >= 4 is 0 Å². The van der Waals surface area contributed by atoms with Crippen LogP contribution in [-0.2, 0) is 0 Å². The maximum Gasteiger partial charge on any atom is 0.0112 e. The number of piperazine rings is 1. The van der Waals surface area contributed by atoms with Crippen LogP contribution < -0.4 is 0 Å². The van der Waals surface area contributed by atoms with Crippen molar-refractivity contribution < 1.29 is 0 Å². The van der Waals surface area contributed by atoms with Crippen molar-refractivity contribution in [2.75, 3.05) is 59.4 Å². The van der Waals surface area contributed by atoms with E-state index in [4.69, 9.17) is 0 Å². The summed E-state index contributed by atoms with van der Waals surface area (Å²) in [5, 5.41) is 0. The van der Waals surface area contributed by atoms with E-state index in [-0.39, 0.29) is 0 Å². The first-order chi connectivity index (χ1) is 13.1. The highest BCUT2D eigenvalue weighted by molar-refractivity contribution is 4.78. The van der Waals surface area contributed by atoms with Crippen molar-refractivity contribution in [1.29, 1.82) is 0 Å². The number of likely N-dealkylation sites (N-methyl/N-ethyl adjacent to an activating group) is 1. The zero-order chi connectivity index (χ0) is 21.3. The van der Waals surface area contributed by atoms with E-state index in [1.807, 2.05) is 0 Å². The van der Waals surface area contributed by atoms with Gasteiger partial charge >= 0.3 is 0 Å². The molecule has 0 unspecified atom stereocenters. The van der Waals surface area contributed by atoms with Gasteiger partial charge in [0, 0.05) is 57.4 Å². The van der Waals surface area contributed by atoms with Crippen LogP contribution in [0.5, 0.6) is 0 Å². The fraction of sp³-hybridized carbons (Fsp3) is 1.00. The third-order valence-electron chi connectivity index (χ3n) is 6.64. The predicted molar refractivity (Wildman–Crippen MR) is 125 cm³/mol. The Balaban J connectivity index is 0.000000212. The van der Waals surface area contributed by atoms with Crippen LogP contribution in [0.3, 0.4) is 0 Å². The molecule has 3 rings (SSSR count). The van der Waals surface area contributed by atoms with E-state index in [1.165, 1.54) is 65.2 Å². The summed E-state index contributed by atoms with van der Waals surface area (Å²) in [7, 11) is 2.19. The van der Waals surface area contributed by atoms with Crippen LogP contribution in [0, 0.1) is 11.8 Å². The number of rotatable bonds is 3. The molecule has 0 atom stereocenters. The summed E-state index contributed by atoms with van der Waals surface area (Å²) in [5.74, 6) is 1.92. The summed E-state index contributed by atoms with van der Waals surface area (Å²) in [5.41, 5.74) is 0. The summed E-state index contributed by atoms with van der Waals surface area (Å²) >= 11 is 0. The first kappa shape index (κ1) is 25.9. The van der Waals surface area contributed by atoms with Gasteiger partial charge in [-0.1, -0.05) is 13.8 Å². The zero-order valence-corrected chi connectivity index (χ0v) is 20.7. The van der Waals surface area contributed by atoms with Crippen LogP contribution >= 0.6 is 0 Å². The van der Waals surface area contributed by atoms with Crippen molar-refractivity contribution in [3.05, 3.63) is 0 Å². The predicted octanol–water partition coefficient (Wildman–Crippen LogP) is 4.12. The van der Waals surface area contributed by atoms with E-state index >= 15 is 0 Å². The van der Waals surface area contributed by atoms with Gasteiger partial charge in [-0.3, -0.25) is 4.90 Å². The molecule has 0 aromatic rings. The molecule has 28 heavy (non-hydrogen) atoms. The van der Waals surface area contributed by atoms with Crippen LogP contribution in [0.15, 0.2) is 0 Å². The van der Waals surface area contributed by atoms with Crippen molar-refractivity contribution in [2.45, 2.75) is 86.4 Å². The van der Waals surface area contributed by atoms with Crippen LogP contribution in [0.4, 0.5) is 0 Å².